The van der Waals surface area contributed by atoms with Gasteiger partial charge < -0.3 is 20.8 Å². The van der Waals surface area contributed by atoms with E-state index in [2.05, 4.69) is 14.9 Å². The lowest BCUT2D eigenvalue weighted by atomic mass is 10.1. The molecule has 2 aromatic heterocycles. The van der Waals surface area contributed by atoms with Gasteiger partial charge in [0.05, 0.1) is 27.7 Å². The van der Waals surface area contributed by atoms with Crippen LogP contribution in [0.2, 0.25) is 15.1 Å². The van der Waals surface area contributed by atoms with Gasteiger partial charge in [-0.05, 0) is 50.1 Å². The minimum Gasteiger partial charge on any atom is -0.480 e. The number of carbonyl (C=O) groups is 2. The van der Waals surface area contributed by atoms with E-state index in [0.717, 1.165) is 31.4 Å². The van der Waals surface area contributed by atoms with E-state index in [1.807, 2.05) is 0 Å². The SMILES string of the molecule is CP(=O)(O)CCC(N)C(=O)O.Cc1nn(-c2cc(CC(Cl)C(=O)O)c(Cl)cc2F)c(=O)n1C(F)F.Cc1nn(-c2cc(NS(C)(=O)=O)c(Cl)cc2Cl)c(=O)n1C(F)F. The molecule has 0 amide bonds. The van der Waals surface area contributed by atoms with E-state index < -0.39 is 76.7 Å². The fraction of sp³-hybridized carbons (Fsp3) is 0.379. The maximum atomic E-state index is 14.1. The van der Waals surface area contributed by atoms with Gasteiger partial charge in [-0.1, -0.05) is 34.8 Å². The van der Waals surface area contributed by atoms with Crippen LogP contribution < -0.4 is 21.8 Å². The number of anilines is 1. The minimum atomic E-state index is -3.65. The Bertz CT molecular complexity index is 2440. The summed E-state index contributed by atoms with van der Waals surface area (Å²) in [6, 6.07) is 3.17. The normalized spacial score (nSPS) is 13.5. The predicted octanol–water partition coefficient (Wildman–Crippen LogP) is 4.87. The molecule has 2 aromatic carbocycles. The fourth-order valence-electron chi connectivity index (χ4n) is 4.38. The molecule has 18 nitrogen and oxygen atoms in total. The number of hydrogen-bond acceptors (Lipinski definition) is 10. The first-order valence-corrected chi connectivity index (χ1v) is 21.2. The number of rotatable bonds is 13. The van der Waals surface area contributed by atoms with Crippen LogP contribution in [0.1, 0.15) is 36.7 Å². The maximum Gasteiger partial charge on any atom is 0.355 e. The molecule has 0 aliphatic heterocycles. The van der Waals surface area contributed by atoms with Gasteiger partial charge in [0.15, 0.2) is 13.2 Å². The Balaban J connectivity index is 0.000000321. The smallest absolute Gasteiger partial charge is 0.355 e. The molecular formula is C29H32Cl4F5N8O10PS. The van der Waals surface area contributed by atoms with Crippen molar-refractivity contribution in [3.63, 3.8) is 0 Å². The molecule has 0 radical (unpaired) electrons. The fourth-order valence-corrected chi connectivity index (χ4v) is 6.66. The van der Waals surface area contributed by atoms with Crippen molar-refractivity contribution in [1.29, 1.82) is 0 Å². The summed E-state index contributed by atoms with van der Waals surface area (Å²) in [7, 11) is -6.75. The van der Waals surface area contributed by atoms with Crippen LogP contribution in [0, 0.1) is 19.7 Å². The molecule has 3 unspecified atom stereocenters. The van der Waals surface area contributed by atoms with Crippen molar-refractivity contribution in [3.05, 3.63) is 83.3 Å². The second kappa shape index (κ2) is 20.3. The number of aryl methyl sites for hydroxylation is 2. The summed E-state index contributed by atoms with van der Waals surface area (Å²) in [5, 5.41) is 22.9. The zero-order valence-corrected chi connectivity index (χ0v) is 34.7. The molecule has 0 spiro atoms. The van der Waals surface area contributed by atoms with E-state index in [0.29, 0.717) is 9.36 Å². The van der Waals surface area contributed by atoms with Crippen molar-refractivity contribution in [3.8, 4) is 11.4 Å². The van der Waals surface area contributed by atoms with Gasteiger partial charge >= 0.3 is 36.4 Å². The summed E-state index contributed by atoms with van der Waals surface area (Å²) in [6.07, 6.45) is 0.645. The van der Waals surface area contributed by atoms with Crippen molar-refractivity contribution in [2.24, 2.45) is 5.73 Å². The molecule has 0 bridgehead atoms. The predicted molar refractivity (Wildman–Crippen MR) is 203 cm³/mol. The van der Waals surface area contributed by atoms with Crippen molar-refractivity contribution < 1.29 is 59.6 Å². The van der Waals surface area contributed by atoms with Crippen LogP contribution in [0.4, 0.5) is 27.6 Å². The largest absolute Gasteiger partial charge is 0.480 e. The van der Waals surface area contributed by atoms with Gasteiger partial charge in [0, 0.05) is 24.3 Å². The van der Waals surface area contributed by atoms with Gasteiger partial charge in [0.1, 0.15) is 28.8 Å². The number of aromatic nitrogens is 6. The van der Waals surface area contributed by atoms with Crippen molar-refractivity contribution in [2.45, 2.75) is 51.2 Å². The Morgan fingerprint density at radius 3 is 1.76 bits per heavy atom. The first-order chi connectivity index (χ1) is 26.5. The molecule has 0 fully saturated rings. The number of nitrogens with zero attached hydrogens (tertiary/aromatic N) is 6. The third-order valence-corrected chi connectivity index (χ3v) is 10.1. The average molecular weight is 952 g/mol. The van der Waals surface area contributed by atoms with Gasteiger partial charge in [0.2, 0.25) is 10.0 Å². The van der Waals surface area contributed by atoms with Crippen LogP contribution in [0.25, 0.3) is 11.4 Å². The second-order valence-corrected chi connectivity index (χ2v) is 17.9. The molecular weight excluding hydrogens is 920 g/mol. The molecule has 0 aliphatic rings. The first kappa shape index (κ1) is 50.1. The highest BCUT2D eigenvalue weighted by Crippen LogP contribution is 2.36. The highest BCUT2D eigenvalue weighted by atomic mass is 35.5. The number of nitrogens with two attached hydrogens (primary N) is 1. The van der Waals surface area contributed by atoms with Crippen molar-refractivity contribution in [2.75, 3.05) is 23.8 Å². The van der Waals surface area contributed by atoms with Crippen LogP contribution in [0.3, 0.4) is 0 Å². The minimum absolute atomic E-state index is 0.0257. The molecule has 3 atom stereocenters. The summed E-state index contributed by atoms with van der Waals surface area (Å²) in [4.78, 5) is 53.7. The zero-order chi connectivity index (χ0) is 44.8. The lowest BCUT2D eigenvalue weighted by molar-refractivity contribution is -0.138. The molecule has 0 aliphatic carbocycles. The van der Waals surface area contributed by atoms with Crippen LogP contribution in [-0.2, 0) is 30.6 Å². The molecule has 58 heavy (non-hydrogen) atoms. The van der Waals surface area contributed by atoms with E-state index in [9.17, 15) is 54.1 Å². The average Bonchev–Trinajstić information content (AvgIpc) is 3.54. The van der Waals surface area contributed by atoms with Gasteiger partial charge in [0.25, 0.3) is 0 Å². The van der Waals surface area contributed by atoms with Crippen molar-refractivity contribution in [1.82, 2.24) is 28.7 Å². The van der Waals surface area contributed by atoms with Crippen LogP contribution in [0.15, 0.2) is 33.9 Å². The number of nitrogens with one attached hydrogen (secondary N) is 1. The van der Waals surface area contributed by atoms with E-state index in [1.54, 1.807) is 0 Å². The molecule has 4 rings (SSSR count). The number of sulfonamides is 1. The first-order valence-electron chi connectivity index (χ1n) is 15.5. The van der Waals surface area contributed by atoms with Gasteiger partial charge in [-0.2, -0.15) is 26.9 Å². The monoisotopic (exact) mass is 950 g/mol. The van der Waals surface area contributed by atoms with Gasteiger partial charge in [-0.3, -0.25) is 18.9 Å². The van der Waals surface area contributed by atoms with E-state index in [1.165, 1.54) is 19.7 Å². The van der Waals surface area contributed by atoms with E-state index in [-0.39, 0.29) is 71.8 Å². The topological polar surface area (TPSA) is 264 Å². The number of alkyl halides is 5. The second-order valence-electron chi connectivity index (χ2n) is 11.8. The zero-order valence-electron chi connectivity index (χ0n) is 30.0. The lowest BCUT2D eigenvalue weighted by Gasteiger charge is -2.10. The Labute approximate surface area is 344 Å². The number of carboxylic acid groups (broad SMARTS) is 2. The molecule has 4 aromatic rings. The molecule has 29 heteroatoms. The Morgan fingerprint density at radius 1 is 0.879 bits per heavy atom. The van der Waals surface area contributed by atoms with Crippen LogP contribution in [0.5, 0.6) is 0 Å². The number of halogens is 9. The van der Waals surface area contributed by atoms with Crippen molar-refractivity contribution >= 4 is 81.4 Å². The third-order valence-electron chi connectivity index (χ3n) is 7.09. The standard InChI is InChI=1S/C13H10Cl2F3N3O3.C11H10Cl2F2N4O3S.C5H12NO4P/c1-5-19-21(13(24)20(5)12(17)18)10-3-6(2-8(15)11(22)23)7(14)4-9(10)16;1-5-16-19(11(20)18(5)10(14)15)9-4-8(17-23(2,21)22)6(12)3-7(9)13;1-11(9,10)3-2-4(6)5(7)8/h3-4,8,12H,2H2,1H3,(H,22,23);3-4,10,17H,1-2H3;4H,2-3,6H2,1H3,(H,7,8)(H,9,10). The molecule has 322 valence electrons. The van der Waals surface area contributed by atoms with Gasteiger partial charge in [-0.15, -0.1) is 21.8 Å². The molecule has 0 saturated carbocycles. The summed E-state index contributed by atoms with van der Waals surface area (Å²) in [5.41, 5.74) is 2.28. The summed E-state index contributed by atoms with van der Waals surface area (Å²) < 4.78 is 102. The highest BCUT2D eigenvalue weighted by Gasteiger charge is 2.24. The van der Waals surface area contributed by atoms with Crippen LogP contribution >= 0.6 is 53.8 Å². The molecule has 6 N–H and O–H groups in total. The maximum absolute atomic E-state index is 14.1. The summed E-state index contributed by atoms with van der Waals surface area (Å²) in [6.45, 7) is -2.64. The summed E-state index contributed by atoms with van der Waals surface area (Å²) in [5.74, 6) is -3.97. The van der Waals surface area contributed by atoms with Gasteiger partial charge in [-0.25, -0.2) is 31.5 Å². The number of benzene rings is 2. The number of hydrogen-bond donors (Lipinski definition) is 5. The third kappa shape index (κ3) is 13.8. The Kier molecular flexibility index (Phi) is 17.5. The van der Waals surface area contributed by atoms with E-state index >= 15 is 0 Å². The number of aliphatic carboxylic acids is 2. The Morgan fingerprint density at radius 2 is 1.36 bits per heavy atom. The molecule has 0 saturated heterocycles. The van der Waals surface area contributed by atoms with Crippen LogP contribution in [-0.4, -0.2) is 94.7 Å². The number of carboxylic acids is 2. The lowest BCUT2D eigenvalue weighted by Crippen LogP contribution is -2.30. The molecule has 2 heterocycles. The summed E-state index contributed by atoms with van der Waals surface area (Å²) >= 11 is 23.3. The van der Waals surface area contributed by atoms with E-state index in [4.69, 9.17) is 67.2 Å². The quantitative estimate of drug-likeness (QED) is 0.0682. The highest BCUT2D eigenvalue weighted by molar-refractivity contribution is 7.92. The Hall–Kier alpha value is -4.03.